The molecule has 1 N–H and O–H groups in total. The molecule has 2 aromatic carbocycles. The van der Waals surface area contributed by atoms with Gasteiger partial charge in [-0.1, -0.05) is 24.3 Å². The van der Waals surface area contributed by atoms with Crippen molar-refractivity contribution in [3.63, 3.8) is 0 Å². The van der Waals surface area contributed by atoms with Crippen LogP contribution in [0.3, 0.4) is 0 Å². The number of imide groups is 1. The smallest absolute Gasteiger partial charge is 0.285 e. The fourth-order valence-electron chi connectivity index (χ4n) is 2.64. The summed E-state index contributed by atoms with van der Waals surface area (Å²) in [5.74, 6) is -1.45. The highest BCUT2D eigenvalue weighted by molar-refractivity contribution is 6.20. The SMILES string of the molecule is O=C(Cc1cccc([N+](=O)[O-])c1)NCCON1C(=O)c2ccccc2C1=O. The van der Waals surface area contributed by atoms with Gasteiger partial charge in [-0.25, -0.2) is 0 Å². The number of nitro benzene ring substituents is 1. The molecule has 1 heterocycles. The third-order valence-electron chi connectivity index (χ3n) is 3.89. The molecule has 1 aliphatic rings. The fraction of sp³-hybridized carbons (Fsp3) is 0.167. The molecule has 9 heteroatoms. The first-order valence-corrected chi connectivity index (χ1v) is 8.08. The Bertz CT molecular complexity index is 892. The molecular formula is C18H15N3O6. The predicted octanol–water partition coefficient (Wildman–Crippen LogP) is 1.48. The average molecular weight is 369 g/mol. The molecule has 27 heavy (non-hydrogen) atoms. The first kappa shape index (κ1) is 18.2. The summed E-state index contributed by atoms with van der Waals surface area (Å²) in [4.78, 5) is 51.5. The molecular weight excluding hydrogens is 354 g/mol. The molecule has 0 bridgehead atoms. The van der Waals surface area contributed by atoms with Crippen LogP contribution in [0.5, 0.6) is 0 Å². The lowest BCUT2D eigenvalue weighted by molar-refractivity contribution is -0.384. The third kappa shape index (κ3) is 3.98. The number of carbonyl (C=O) groups is 3. The Kier molecular flexibility index (Phi) is 5.23. The number of nitrogens with zero attached hydrogens (tertiary/aromatic N) is 2. The van der Waals surface area contributed by atoms with Gasteiger partial charge in [0.15, 0.2) is 0 Å². The molecule has 3 rings (SSSR count). The minimum atomic E-state index is -0.543. The second kappa shape index (κ2) is 7.75. The molecule has 9 nitrogen and oxygen atoms in total. The van der Waals surface area contributed by atoms with Crippen molar-refractivity contribution < 1.29 is 24.1 Å². The van der Waals surface area contributed by atoms with Crippen LogP contribution in [-0.4, -0.2) is 40.9 Å². The second-order valence-corrected chi connectivity index (χ2v) is 5.74. The highest BCUT2D eigenvalue weighted by Gasteiger charge is 2.36. The first-order chi connectivity index (χ1) is 13.0. The van der Waals surface area contributed by atoms with E-state index < -0.39 is 16.7 Å². The van der Waals surface area contributed by atoms with E-state index in [0.29, 0.717) is 10.6 Å². The van der Waals surface area contributed by atoms with Gasteiger partial charge in [-0.15, -0.1) is 5.06 Å². The highest BCUT2D eigenvalue weighted by atomic mass is 16.7. The van der Waals surface area contributed by atoms with E-state index in [1.807, 2.05) is 0 Å². The number of nitrogens with one attached hydrogen (secondary N) is 1. The van der Waals surface area contributed by atoms with Crippen molar-refractivity contribution in [3.05, 3.63) is 75.3 Å². The maximum absolute atomic E-state index is 12.1. The van der Waals surface area contributed by atoms with E-state index in [1.54, 1.807) is 30.3 Å². The third-order valence-corrected chi connectivity index (χ3v) is 3.89. The monoisotopic (exact) mass is 369 g/mol. The number of rotatable bonds is 7. The summed E-state index contributed by atoms with van der Waals surface area (Å²) < 4.78 is 0. The molecule has 0 aromatic heterocycles. The summed E-state index contributed by atoms with van der Waals surface area (Å²) in [6, 6.07) is 12.2. The van der Waals surface area contributed by atoms with Crippen LogP contribution in [0.25, 0.3) is 0 Å². The molecule has 0 spiro atoms. The zero-order chi connectivity index (χ0) is 19.4. The number of fused-ring (bicyclic) bond motifs is 1. The summed E-state index contributed by atoms with van der Waals surface area (Å²) >= 11 is 0. The molecule has 0 atom stereocenters. The quantitative estimate of drug-likeness (QED) is 0.342. The maximum Gasteiger partial charge on any atom is 0.285 e. The van der Waals surface area contributed by atoms with E-state index >= 15 is 0 Å². The van der Waals surface area contributed by atoms with Crippen LogP contribution in [0.2, 0.25) is 0 Å². The number of amides is 3. The lowest BCUT2D eigenvalue weighted by Crippen LogP contribution is -2.35. The van der Waals surface area contributed by atoms with Gasteiger partial charge in [0.2, 0.25) is 5.91 Å². The van der Waals surface area contributed by atoms with Gasteiger partial charge >= 0.3 is 0 Å². The van der Waals surface area contributed by atoms with Crippen molar-refractivity contribution in [3.8, 4) is 0 Å². The summed E-state index contributed by atoms with van der Waals surface area (Å²) in [5, 5.41) is 14.0. The molecule has 138 valence electrons. The first-order valence-electron chi connectivity index (χ1n) is 8.08. The van der Waals surface area contributed by atoms with Crippen molar-refractivity contribution in [2.45, 2.75) is 6.42 Å². The van der Waals surface area contributed by atoms with Crippen molar-refractivity contribution in [2.24, 2.45) is 0 Å². The zero-order valence-electron chi connectivity index (χ0n) is 14.1. The Morgan fingerprint density at radius 1 is 1.07 bits per heavy atom. The van der Waals surface area contributed by atoms with Crippen LogP contribution in [0, 0.1) is 10.1 Å². The topological polar surface area (TPSA) is 119 Å². The Morgan fingerprint density at radius 2 is 1.74 bits per heavy atom. The largest absolute Gasteiger partial charge is 0.353 e. The van der Waals surface area contributed by atoms with Crippen LogP contribution in [0.4, 0.5) is 5.69 Å². The van der Waals surface area contributed by atoms with Crippen molar-refractivity contribution in [2.75, 3.05) is 13.2 Å². The maximum atomic E-state index is 12.1. The van der Waals surface area contributed by atoms with Crippen LogP contribution in [0.1, 0.15) is 26.3 Å². The van der Waals surface area contributed by atoms with Crippen LogP contribution in [-0.2, 0) is 16.1 Å². The Balaban J connectivity index is 1.46. The number of hydroxylamine groups is 2. The van der Waals surface area contributed by atoms with Gasteiger partial charge in [-0.05, 0) is 17.7 Å². The molecule has 3 amide bonds. The predicted molar refractivity (Wildman–Crippen MR) is 92.7 cm³/mol. The minimum Gasteiger partial charge on any atom is -0.353 e. The summed E-state index contributed by atoms with van der Waals surface area (Å²) in [7, 11) is 0. The fourth-order valence-corrected chi connectivity index (χ4v) is 2.64. The van der Waals surface area contributed by atoms with Crippen LogP contribution in [0.15, 0.2) is 48.5 Å². The summed E-state index contributed by atoms with van der Waals surface area (Å²) in [6.45, 7) is -0.00664. The van der Waals surface area contributed by atoms with Crippen molar-refractivity contribution in [1.29, 1.82) is 0 Å². The number of benzene rings is 2. The molecule has 0 radical (unpaired) electrons. The molecule has 0 saturated heterocycles. The van der Waals surface area contributed by atoms with E-state index in [9.17, 15) is 24.5 Å². The molecule has 0 unspecified atom stereocenters. The van der Waals surface area contributed by atoms with Gasteiger partial charge in [-0.3, -0.25) is 29.3 Å². The number of hydrogen-bond donors (Lipinski definition) is 1. The molecule has 2 aromatic rings. The van der Waals surface area contributed by atoms with E-state index in [1.165, 1.54) is 18.2 Å². The Labute approximate surface area is 153 Å². The van der Waals surface area contributed by atoms with Crippen LogP contribution < -0.4 is 5.32 Å². The van der Waals surface area contributed by atoms with Crippen molar-refractivity contribution >= 4 is 23.4 Å². The molecule has 0 aliphatic carbocycles. The Morgan fingerprint density at radius 3 is 2.37 bits per heavy atom. The lowest BCUT2D eigenvalue weighted by Gasteiger charge is -2.13. The number of hydrogen-bond acceptors (Lipinski definition) is 6. The zero-order valence-corrected chi connectivity index (χ0v) is 14.1. The van der Waals surface area contributed by atoms with E-state index in [0.717, 1.165) is 0 Å². The standard InChI is InChI=1S/C18H15N3O6/c22-16(11-12-4-3-5-13(10-12)21(25)26)19-8-9-27-20-17(23)14-6-1-2-7-15(14)18(20)24/h1-7,10H,8-9,11H2,(H,19,22). The second-order valence-electron chi connectivity index (χ2n) is 5.74. The van der Waals surface area contributed by atoms with Crippen LogP contribution >= 0.6 is 0 Å². The number of carbonyl (C=O) groups excluding carboxylic acids is 3. The van der Waals surface area contributed by atoms with Gasteiger partial charge in [0.1, 0.15) is 0 Å². The van der Waals surface area contributed by atoms with Gasteiger partial charge in [0.05, 0.1) is 29.1 Å². The van der Waals surface area contributed by atoms with Gasteiger partial charge in [0.25, 0.3) is 17.5 Å². The van der Waals surface area contributed by atoms with E-state index in [2.05, 4.69) is 5.32 Å². The van der Waals surface area contributed by atoms with Gasteiger partial charge in [-0.2, -0.15) is 0 Å². The Hall–Kier alpha value is -3.59. The van der Waals surface area contributed by atoms with E-state index in [4.69, 9.17) is 4.84 Å². The van der Waals surface area contributed by atoms with Gasteiger partial charge in [0, 0.05) is 18.7 Å². The van der Waals surface area contributed by atoms with E-state index in [-0.39, 0.29) is 42.3 Å². The normalized spacial score (nSPS) is 12.8. The van der Waals surface area contributed by atoms with Crippen molar-refractivity contribution in [1.82, 2.24) is 10.4 Å². The summed E-state index contributed by atoms with van der Waals surface area (Å²) in [6.07, 6.45) is -0.0330. The minimum absolute atomic E-state index is 0.0330. The number of nitro groups is 1. The summed E-state index contributed by atoms with van der Waals surface area (Å²) in [5.41, 5.74) is 0.964. The number of non-ortho nitro benzene ring substituents is 1. The average Bonchev–Trinajstić information content (AvgIpc) is 2.90. The molecule has 0 saturated carbocycles. The lowest BCUT2D eigenvalue weighted by atomic mass is 10.1. The molecule has 1 aliphatic heterocycles. The highest BCUT2D eigenvalue weighted by Crippen LogP contribution is 2.22. The molecule has 0 fully saturated rings. The van der Waals surface area contributed by atoms with Gasteiger partial charge < -0.3 is 5.32 Å².